The van der Waals surface area contributed by atoms with Gasteiger partial charge in [-0.3, -0.25) is 14.6 Å². The summed E-state index contributed by atoms with van der Waals surface area (Å²) >= 11 is 0. The van der Waals surface area contributed by atoms with Crippen molar-refractivity contribution in [2.75, 3.05) is 51.8 Å². The Morgan fingerprint density at radius 1 is 1.13 bits per heavy atom. The molecule has 1 atom stereocenters. The first-order chi connectivity index (χ1) is 15.0. The molecule has 1 heterocycles. The molecule has 31 heavy (non-hydrogen) atoms. The van der Waals surface area contributed by atoms with Gasteiger partial charge in [-0.1, -0.05) is 36.4 Å². The van der Waals surface area contributed by atoms with Crippen LogP contribution in [0, 0.1) is 0 Å². The zero-order valence-corrected chi connectivity index (χ0v) is 18.3. The summed E-state index contributed by atoms with van der Waals surface area (Å²) in [5.74, 6) is -0.548. The minimum Gasteiger partial charge on any atom is -0.465 e. The Morgan fingerprint density at radius 2 is 1.87 bits per heavy atom. The summed E-state index contributed by atoms with van der Waals surface area (Å²) in [5, 5.41) is 2.91. The molecule has 0 aromatic heterocycles. The molecular weight excluding hydrogens is 394 g/mol. The monoisotopic (exact) mass is 425 g/mol. The van der Waals surface area contributed by atoms with Crippen molar-refractivity contribution >= 4 is 17.6 Å². The fourth-order valence-electron chi connectivity index (χ4n) is 3.69. The smallest absolute Gasteiger partial charge is 0.337 e. The molecule has 2 aromatic carbocycles. The van der Waals surface area contributed by atoms with Crippen LogP contribution in [0.5, 0.6) is 0 Å². The molecule has 0 aliphatic carbocycles. The van der Waals surface area contributed by atoms with Gasteiger partial charge in [-0.2, -0.15) is 0 Å². The van der Waals surface area contributed by atoms with Crippen LogP contribution in [-0.4, -0.2) is 74.2 Å². The highest BCUT2D eigenvalue weighted by Crippen LogP contribution is 2.14. The number of carbonyl (C=O) groups excluding carboxylic acids is 2. The highest BCUT2D eigenvalue weighted by molar-refractivity contribution is 5.95. The number of hydrogen-bond acceptors (Lipinski definition) is 6. The molecule has 1 saturated heterocycles. The Hall–Kier alpha value is -2.74. The third-order valence-corrected chi connectivity index (χ3v) is 5.39. The van der Waals surface area contributed by atoms with Gasteiger partial charge in [0.25, 0.3) is 0 Å². The molecule has 0 saturated carbocycles. The summed E-state index contributed by atoms with van der Waals surface area (Å²) in [6, 6.07) is 17.1. The van der Waals surface area contributed by atoms with E-state index in [4.69, 9.17) is 9.47 Å². The Kier molecular flexibility index (Phi) is 8.58. The van der Waals surface area contributed by atoms with Crippen molar-refractivity contribution in [1.82, 2.24) is 9.80 Å². The van der Waals surface area contributed by atoms with Crippen LogP contribution in [0.15, 0.2) is 54.6 Å². The number of carbonyl (C=O) groups is 2. The van der Waals surface area contributed by atoms with E-state index in [1.807, 2.05) is 18.2 Å². The highest BCUT2D eigenvalue weighted by atomic mass is 16.5. The van der Waals surface area contributed by atoms with Crippen molar-refractivity contribution < 1.29 is 19.1 Å². The van der Waals surface area contributed by atoms with Gasteiger partial charge in [0.05, 0.1) is 32.4 Å². The summed E-state index contributed by atoms with van der Waals surface area (Å²) in [5.41, 5.74) is 2.15. The van der Waals surface area contributed by atoms with Gasteiger partial charge in [-0.25, -0.2) is 4.79 Å². The molecule has 0 bridgehead atoms. The van der Waals surface area contributed by atoms with Crippen LogP contribution in [0.25, 0.3) is 0 Å². The van der Waals surface area contributed by atoms with E-state index in [2.05, 4.69) is 34.2 Å². The van der Waals surface area contributed by atoms with Crippen molar-refractivity contribution in [3.63, 3.8) is 0 Å². The van der Waals surface area contributed by atoms with Gasteiger partial charge < -0.3 is 14.8 Å². The lowest BCUT2D eigenvalue weighted by atomic mass is 10.1. The van der Waals surface area contributed by atoms with Crippen LogP contribution >= 0.6 is 0 Å². The van der Waals surface area contributed by atoms with Gasteiger partial charge in [0.1, 0.15) is 0 Å². The first kappa shape index (κ1) is 22.9. The number of nitrogens with one attached hydrogen (secondary N) is 1. The van der Waals surface area contributed by atoms with Gasteiger partial charge in [0, 0.05) is 37.9 Å². The molecule has 1 unspecified atom stereocenters. The van der Waals surface area contributed by atoms with E-state index < -0.39 is 5.97 Å². The normalized spacial score (nSPS) is 15.5. The van der Waals surface area contributed by atoms with Gasteiger partial charge in [-0.15, -0.1) is 0 Å². The van der Waals surface area contributed by atoms with E-state index in [0.717, 1.165) is 38.4 Å². The number of nitrogens with zero attached hydrogens (tertiary/aromatic N) is 2. The molecule has 0 spiro atoms. The highest BCUT2D eigenvalue weighted by Gasteiger charge is 2.22. The topological polar surface area (TPSA) is 71.1 Å². The van der Waals surface area contributed by atoms with Crippen LogP contribution in [0.3, 0.4) is 0 Å². The molecular formula is C24H31N3O4. The third kappa shape index (κ3) is 7.17. The standard InChI is InChI=1S/C24H31N3O4/c1-19(16-26-11-13-31-14-12-26)27(17-20-7-4-3-5-8-20)18-23(28)25-22-10-6-9-21(15-22)24(29)30-2/h3-10,15,19H,11-14,16-18H2,1-2H3,(H,25,28). The molecule has 7 nitrogen and oxygen atoms in total. The van der Waals surface area contributed by atoms with Crippen molar-refractivity contribution in [2.45, 2.75) is 19.5 Å². The summed E-state index contributed by atoms with van der Waals surface area (Å²) in [6.07, 6.45) is 0. The lowest BCUT2D eigenvalue weighted by Gasteiger charge is -2.34. The fourth-order valence-corrected chi connectivity index (χ4v) is 3.69. The number of rotatable bonds is 9. The Bertz CT molecular complexity index is 853. The van der Waals surface area contributed by atoms with Crippen molar-refractivity contribution in [1.29, 1.82) is 0 Å². The first-order valence-electron chi connectivity index (χ1n) is 10.6. The molecule has 1 aliphatic heterocycles. The quantitative estimate of drug-likeness (QED) is 0.623. The minimum atomic E-state index is -0.430. The van der Waals surface area contributed by atoms with Gasteiger partial charge in [-0.05, 0) is 30.7 Å². The van der Waals surface area contributed by atoms with Crippen LogP contribution in [0.2, 0.25) is 0 Å². The lowest BCUT2D eigenvalue weighted by Crippen LogP contribution is -2.47. The minimum absolute atomic E-state index is 0.119. The maximum absolute atomic E-state index is 12.9. The predicted molar refractivity (Wildman–Crippen MR) is 120 cm³/mol. The fraction of sp³-hybridized carbons (Fsp3) is 0.417. The lowest BCUT2D eigenvalue weighted by molar-refractivity contribution is -0.118. The van der Waals surface area contributed by atoms with Gasteiger partial charge in [0.2, 0.25) is 5.91 Å². The van der Waals surface area contributed by atoms with Crippen molar-refractivity contribution in [3.05, 3.63) is 65.7 Å². The maximum atomic E-state index is 12.9. The Labute approximate surface area is 183 Å². The SMILES string of the molecule is COC(=O)c1cccc(NC(=O)CN(Cc2ccccc2)C(C)CN2CCOCC2)c1. The average molecular weight is 426 g/mol. The Balaban J connectivity index is 1.66. The van der Waals surface area contributed by atoms with E-state index in [-0.39, 0.29) is 18.5 Å². The number of hydrogen-bond donors (Lipinski definition) is 1. The second-order valence-corrected chi connectivity index (χ2v) is 7.77. The molecule has 1 N–H and O–H groups in total. The number of ether oxygens (including phenoxy) is 2. The molecule has 0 radical (unpaired) electrons. The van der Waals surface area contributed by atoms with E-state index in [1.54, 1.807) is 24.3 Å². The first-order valence-corrected chi connectivity index (χ1v) is 10.6. The zero-order valence-electron chi connectivity index (χ0n) is 18.3. The van der Waals surface area contributed by atoms with E-state index in [9.17, 15) is 9.59 Å². The summed E-state index contributed by atoms with van der Waals surface area (Å²) < 4.78 is 10.2. The van der Waals surface area contributed by atoms with Gasteiger partial charge >= 0.3 is 5.97 Å². The number of morpholine rings is 1. The zero-order chi connectivity index (χ0) is 22.1. The van der Waals surface area contributed by atoms with E-state index in [0.29, 0.717) is 17.8 Å². The number of benzene rings is 2. The van der Waals surface area contributed by atoms with Crippen LogP contribution in [-0.2, 0) is 20.8 Å². The van der Waals surface area contributed by atoms with E-state index >= 15 is 0 Å². The molecule has 166 valence electrons. The second kappa shape index (κ2) is 11.6. The second-order valence-electron chi connectivity index (χ2n) is 7.77. The van der Waals surface area contributed by atoms with Gasteiger partial charge in [0.15, 0.2) is 0 Å². The molecule has 1 aliphatic rings. The molecule has 7 heteroatoms. The van der Waals surface area contributed by atoms with Crippen molar-refractivity contribution in [2.24, 2.45) is 0 Å². The number of esters is 1. The summed E-state index contributed by atoms with van der Waals surface area (Å²) in [4.78, 5) is 29.2. The maximum Gasteiger partial charge on any atom is 0.337 e. The predicted octanol–water partition coefficient (Wildman–Crippen LogP) is 2.63. The third-order valence-electron chi connectivity index (χ3n) is 5.39. The van der Waals surface area contributed by atoms with Crippen LogP contribution in [0.1, 0.15) is 22.8 Å². The average Bonchev–Trinajstić information content (AvgIpc) is 2.79. The largest absolute Gasteiger partial charge is 0.465 e. The number of amides is 1. The van der Waals surface area contributed by atoms with Crippen molar-refractivity contribution in [3.8, 4) is 0 Å². The number of anilines is 1. The molecule has 2 aromatic rings. The molecule has 1 fully saturated rings. The summed E-state index contributed by atoms with van der Waals surface area (Å²) in [7, 11) is 1.34. The molecule has 3 rings (SSSR count). The van der Waals surface area contributed by atoms with Crippen LogP contribution in [0.4, 0.5) is 5.69 Å². The summed E-state index contributed by atoms with van der Waals surface area (Å²) in [6.45, 7) is 7.30. The van der Waals surface area contributed by atoms with Crippen LogP contribution < -0.4 is 5.32 Å². The van der Waals surface area contributed by atoms with E-state index in [1.165, 1.54) is 7.11 Å². The molecule has 1 amide bonds. The number of methoxy groups -OCH3 is 1. The Morgan fingerprint density at radius 3 is 2.58 bits per heavy atom.